The van der Waals surface area contributed by atoms with Gasteiger partial charge in [0.2, 0.25) is 0 Å². The monoisotopic (exact) mass is 226 g/mol. The lowest BCUT2D eigenvalue weighted by Crippen LogP contribution is -2.31. The van der Waals surface area contributed by atoms with Crippen LogP contribution in [0.1, 0.15) is 32.2 Å². The van der Waals surface area contributed by atoms with E-state index in [2.05, 4.69) is 10.5 Å². The number of rotatable bonds is 4. The van der Waals surface area contributed by atoms with Gasteiger partial charge in [0.15, 0.2) is 0 Å². The minimum absolute atomic E-state index is 0.170. The number of hydrogen-bond donors (Lipinski definition) is 1. The number of carbonyl (C=O) groups excluding carboxylic acids is 1. The molecule has 1 rings (SSSR count). The maximum Gasteiger partial charge on any atom is 0.320 e. The second kappa shape index (κ2) is 5.12. The Morgan fingerprint density at radius 3 is 2.75 bits per heavy atom. The second-order valence-corrected chi connectivity index (χ2v) is 4.62. The zero-order valence-corrected chi connectivity index (χ0v) is 10.2. The van der Waals surface area contributed by atoms with Gasteiger partial charge >= 0.3 is 5.97 Å². The molecule has 0 bridgehead atoms. The van der Waals surface area contributed by atoms with Gasteiger partial charge in [-0.05, 0) is 27.7 Å². The Bertz CT molecular complexity index is 352. The summed E-state index contributed by atoms with van der Waals surface area (Å²) >= 11 is 0. The summed E-state index contributed by atoms with van der Waals surface area (Å²) in [6.07, 6.45) is 0. The Kier molecular flexibility index (Phi) is 4.06. The summed E-state index contributed by atoms with van der Waals surface area (Å²) in [5.74, 6) is 0.488. The summed E-state index contributed by atoms with van der Waals surface area (Å²) < 4.78 is 10.0. The first-order chi connectivity index (χ1) is 7.37. The first-order valence-corrected chi connectivity index (χ1v) is 5.21. The summed E-state index contributed by atoms with van der Waals surface area (Å²) in [5.41, 5.74) is 0.338. The average molecular weight is 226 g/mol. The van der Waals surface area contributed by atoms with Crippen LogP contribution in [0.25, 0.3) is 0 Å². The van der Waals surface area contributed by atoms with E-state index in [1.54, 1.807) is 0 Å². The van der Waals surface area contributed by atoms with Crippen molar-refractivity contribution in [3.63, 3.8) is 0 Å². The van der Waals surface area contributed by atoms with Crippen molar-refractivity contribution >= 4 is 5.97 Å². The van der Waals surface area contributed by atoms with Crippen molar-refractivity contribution in [1.29, 1.82) is 0 Å². The lowest BCUT2D eigenvalue weighted by atomic mass is 10.2. The Labute approximate surface area is 95.1 Å². The molecule has 0 saturated heterocycles. The van der Waals surface area contributed by atoms with Gasteiger partial charge in [-0.1, -0.05) is 5.16 Å². The number of carbonyl (C=O) groups is 1. The molecule has 5 heteroatoms. The molecule has 0 amide bonds. The zero-order valence-electron chi connectivity index (χ0n) is 10.2. The highest BCUT2D eigenvalue weighted by Crippen LogP contribution is 2.06. The highest BCUT2D eigenvalue weighted by molar-refractivity contribution is 5.72. The van der Waals surface area contributed by atoms with Crippen LogP contribution < -0.4 is 5.32 Å². The minimum Gasteiger partial charge on any atom is -0.459 e. The quantitative estimate of drug-likeness (QED) is 0.786. The Hall–Kier alpha value is -1.36. The number of nitrogens with zero attached hydrogens (tertiary/aromatic N) is 1. The van der Waals surface area contributed by atoms with Crippen LogP contribution in [0.4, 0.5) is 0 Å². The van der Waals surface area contributed by atoms with Gasteiger partial charge in [-0.2, -0.15) is 0 Å². The van der Waals surface area contributed by atoms with E-state index < -0.39 is 5.60 Å². The van der Waals surface area contributed by atoms with Gasteiger partial charge in [-0.15, -0.1) is 0 Å². The number of nitrogens with one attached hydrogen (secondary N) is 1. The predicted molar refractivity (Wildman–Crippen MR) is 58.8 cm³/mol. The molecule has 1 heterocycles. The van der Waals surface area contributed by atoms with Crippen LogP contribution in [0.3, 0.4) is 0 Å². The molecule has 0 aromatic carbocycles. The predicted octanol–water partition coefficient (Wildman–Crippen LogP) is 1.41. The first kappa shape index (κ1) is 12.7. The van der Waals surface area contributed by atoms with E-state index in [1.165, 1.54) is 0 Å². The molecule has 1 N–H and O–H groups in total. The van der Waals surface area contributed by atoms with Gasteiger partial charge < -0.3 is 14.6 Å². The number of aromatic nitrogens is 1. The molecule has 0 fully saturated rings. The van der Waals surface area contributed by atoms with E-state index in [4.69, 9.17) is 9.26 Å². The summed E-state index contributed by atoms with van der Waals surface area (Å²) in [4.78, 5) is 11.3. The van der Waals surface area contributed by atoms with Crippen molar-refractivity contribution in [3.8, 4) is 0 Å². The minimum atomic E-state index is -0.441. The molecule has 16 heavy (non-hydrogen) atoms. The average Bonchev–Trinajstić information content (AvgIpc) is 2.48. The number of aryl methyl sites for hydroxylation is 1. The summed E-state index contributed by atoms with van der Waals surface area (Å²) in [6.45, 7) is 8.01. The maximum absolute atomic E-state index is 11.3. The number of ether oxygens (including phenoxy) is 1. The van der Waals surface area contributed by atoms with Gasteiger partial charge in [0.05, 0.1) is 12.2 Å². The Balaban J connectivity index is 2.23. The van der Waals surface area contributed by atoms with Crippen molar-refractivity contribution in [2.75, 3.05) is 6.54 Å². The van der Waals surface area contributed by atoms with E-state index in [1.807, 2.05) is 33.8 Å². The molecule has 0 spiro atoms. The molecule has 5 nitrogen and oxygen atoms in total. The molecule has 1 aromatic heterocycles. The zero-order chi connectivity index (χ0) is 12.2. The van der Waals surface area contributed by atoms with Crippen LogP contribution in [0.5, 0.6) is 0 Å². The summed E-state index contributed by atoms with van der Waals surface area (Å²) in [5, 5.41) is 6.74. The van der Waals surface area contributed by atoms with E-state index in [9.17, 15) is 4.79 Å². The molecule has 0 atom stereocenters. The fourth-order valence-electron chi connectivity index (χ4n) is 1.17. The normalized spacial score (nSPS) is 11.5. The molecule has 0 aliphatic rings. The Morgan fingerprint density at radius 1 is 1.56 bits per heavy atom. The van der Waals surface area contributed by atoms with Crippen molar-refractivity contribution in [2.45, 2.75) is 39.8 Å². The van der Waals surface area contributed by atoms with Crippen LogP contribution >= 0.6 is 0 Å². The van der Waals surface area contributed by atoms with E-state index >= 15 is 0 Å². The van der Waals surface area contributed by atoms with Crippen molar-refractivity contribution in [1.82, 2.24) is 10.5 Å². The third-order valence-corrected chi connectivity index (χ3v) is 1.67. The van der Waals surface area contributed by atoms with Crippen molar-refractivity contribution < 1.29 is 14.1 Å². The smallest absolute Gasteiger partial charge is 0.320 e. The highest BCUT2D eigenvalue weighted by atomic mass is 16.6. The number of esters is 1. The van der Waals surface area contributed by atoms with Crippen LogP contribution in [0, 0.1) is 6.92 Å². The van der Waals surface area contributed by atoms with Gasteiger partial charge in [0, 0.05) is 12.6 Å². The topological polar surface area (TPSA) is 64.4 Å². The van der Waals surface area contributed by atoms with Crippen LogP contribution in [-0.2, 0) is 16.1 Å². The molecule has 0 aliphatic heterocycles. The van der Waals surface area contributed by atoms with Gasteiger partial charge in [0.1, 0.15) is 11.4 Å². The molecule has 0 aliphatic carbocycles. The van der Waals surface area contributed by atoms with Crippen LogP contribution in [0.15, 0.2) is 10.6 Å². The molecule has 90 valence electrons. The molecule has 1 aromatic rings. The fourth-order valence-corrected chi connectivity index (χ4v) is 1.17. The maximum atomic E-state index is 11.3. The van der Waals surface area contributed by atoms with Crippen molar-refractivity contribution in [2.24, 2.45) is 0 Å². The lowest BCUT2D eigenvalue weighted by molar-refractivity contribution is -0.153. The van der Waals surface area contributed by atoms with Crippen LogP contribution in [-0.4, -0.2) is 23.3 Å². The second-order valence-electron chi connectivity index (χ2n) is 4.62. The third-order valence-electron chi connectivity index (χ3n) is 1.67. The van der Waals surface area contributed by atoms with E-state index in [0.29, 0.717) is 6.54 Å². The molecule has 0 saturated carbocycles. The molecule has 0 unspecified atom stereocenters. The first-order valence-electron chi connectivity index (χ1n) is 5.21. The highest BCUT2D eigenvalue weighted by Gasteiger charge is 2.15. The third kappa shape index (κ3) is 4.93. The van der Waals surface area contributed by atoms with Gasteiger partial charge in [-0.3, -0.25) is 4.79 Å². The Morgan fingerprint density at radius 2 is 2.25 bits per heavy atom. The van der Waals surface area contributed by atoms with E-state index in [0.717, 1.165) is 11.5 Å². The van der Waals surface area contributed by atoms with Gasteiger partial charge in [-0.25, -0.2) is 0 Å². The molecular formula is C11H18N2O3. The molecule has 0 radical (unpaired) electrons. The van der Waals surface area contributed by atoms with Crippen LogP contribution in [0.2, 0.25) is 0 Å². The SMILES string of the molecule is Cc1cc(CNCC(=O)OC(C)(C)C)no1. The fraction of sp³-hybridized carbons (Fsp3) is 0.636. The molecular weight excluding hydrogens is 208 g/mol. The standard InChI is InChI=1S/C11H18N2O3/c1-8-5-9(13-16-8)6-12-7-10(14)15-11(2,3)4/h5,12H,6-7H2,1-4H3. The summed E-state index contributed by atoms with van der Waals surface area (Å²) in [6, 6.07) is 1.82. The largest absolute Gasteiger partial charge is 0.459 e. The van der Waals surface area contributed by atoms with E-state index in [-0.39, 0.29) is 12.5 Å². The van der Waals surface area contributed by atoms with Gasteiger partial charge in [0.25, 0.3) is 0 Å². The summed E-state index contributed by atoms with van der Waals surface area (Å²) in [7, 11) is 0. The lowest BCUT2D eigenvalue weighted by Gasteiger charge is -2.19. The van der Waals surface area contributed by atoms with Crippen molar-refractivity contribution in [3.05, 3.63) is 17.5 Å². The number of hydrogen-bond acceptors (Lipinski definition) is 5.